The van der Waals surface area contributed by atoms with Crippen molar-refractivity contribution in [3.05, 3.63) is 4.91 Å². The lowest BCUT2D eigenvalue weighted by atomic mass is 10.1. The van der Waals surface area contributed by atoms with Gasteiger partial charge in [-0.25, -0.2) is 0 Å². The Labute approximate surface area is 55.6 Å². The normalized spacial score (nSPS) is 32.8. The summed E-state index contributed by atoms with van der Waals surface area (Å²) in [4.78, 5) is 9.91. The zero-order valence-corrected chi connectivity index (χ0v) is 6.00. The van der Waals surface area contributed by atoms with E-state index in [9.17, 15) is 4.91 Å². The van der Waals surface area contributed by atoms with Crippen LogP contribution in [0, 0.1) is 16.7 Å². The Morgan fingerprint density at radius 2 is 2.33 bits per heavy atom. The monoisotopic (exact) mass is 127 g/mol. The molecule has 0 aliphatic heterocycles. The van der Waals surface area contributed by atoms with Crippen molar-refractivity contribution in [2.45, 2.75) is 32.7 Å². The first-order valence-corrected chi connectivity index (χ1v) is 3.56. The highest BCUT2D eigenvalue weighted by atomic mass is 16.3. The zero-order valence-electron chi connectivity index (χ0n) is 6.00. The van der Waals surface area contributed by atoms with Crippen LogP contribution in [0.25, 0.3) is 0 Å². The van der Waals surface area contributed by atoms with Gasteiger partial charge in [-0.05, 0) is 24.7 Å². The second-order valence-electron chi connectivity index (χ2n) is 3.30. The maximum absolute atomic E-state index is 9.91. The van der Waals surface area contributed by atoms with Crippen LogP contribution in [-0.4, -0.2) is 6.04 Å². The molecule has 2 atom stereocenters. The van der Waals surface area contributed by atoms with Gasteiger partial charge in [0, 0.05) is 0 Å². The standard InChI is InChI=1S/C7H13NO/c1-5(2)3-6-4-7(6)8-9/h5-7H,3-4H2,1-2H3/t6?,7-/m1/s1. The highest BCUT2D eigenvalue weighted by Crippen LogP contribution is 2.38. The van der Waals surface area contributed by atoms with Crippen molar-refractivity contribution in [1.29, 1.82) is 0 Å². The highest BCUT2D eigenvalue weighted by Gasteiger charge is 2.38. The summed E-state index contributed by atoms with van der Waals surface area (Å²) < 4.78 is 0. The summed E-state index contributed by atoms with van der Waals surface area (Å²) in [5.41, 5.74) is 0. The van der Waals surface area contributed by atoms with Gasteiger partial charge in [-0.1, -0.05) is 19.0 Å². The molecule has 0 saturated heterocycles. The molecule has 0 radical (unpaired) electrons. The summed E-state index contributed by atoms with van der Waals surface area (Å²) in [6.07, 6.45) is 2.22. The molecule has 0 N–H and O–H groups in total. The molecule has 1 aliphatic carbocycles. The van der Waals surface area contributed by atoms with Crippen LogP contribution in [0.4, 0.5) is 0 Å². The second-order valence-corrected chi connectivity index (χ2v) is 3.30. The number of rotatable bonds is 3. The molecule has 0 aromatic carbocycles. The van der Waals surface area contributed by atoms with E-state index in [1.54, 1.807) is 0 Å². The van der Waals surface area contributed by atoms with Gasteiger partial charge in [0.25, 0.3) is 0 Å². The van der Waals surface area contributed by atoms with Crippen LogP contribution in [0.2, 0.25) is 0 Å². The first kappa shape index (κ1) is 6.72. The third kappa shape index (κ3) is 1.77. The smallest absolute Gasteiger partial charge is 0.0952 e. The lowest BCUT2D eigenvalue weighted by molar-refractivity contribution is 0.531. The van der Waals surface area contributed by atoms with Gasteiger partial charge in [0.1, 0.15) is 0 Å². The Kier molecular flexibility index (Phi) is 1.84. The van der Waals surface area contributed by atoms with Crippen molar-refractivity contribution in [3.8, 4) is 0 Å². The first-order valence-electron chi connectivity index (χ1n) is 3.56. The van der Waals surface area contributed by atoms with Crippen LogP contribution in [0.15, 0.2) is 5.18 Å². The van der Waals surface area contributed by atoms with Gasteiger partial charge in [0.05, 0.1) is 6.04 Å². The minimum Gasteiger partial charge on any atom is -0.151 e. The fourth-order valence-electron chi connectivity index (χ4n) is 1.22. The van der Waals surface area contributed by atoms with Gasteiger partial charge in [-0.3, -0.25) is 0 Å². The Morgan fingerprint density at radius 1 is 1.67 bits per heavy atom. The minimum atomic E-state index is 0.174. The molecule has 0 spiro atoms. The molecule has 1 aliphatic rings. The van der Waals surface area contributed by atoms with Crippen molar-refractivity contribution >= 4 is 0 Å². The van der Waals surface area contributed by atoms with Crippen LogP contribution >= 0.6 is 0 Å². The Bertz CT molecular complexity index is 111. The predicted octanol–water partition coefficient (Wildman–Crippen LogP) is 2.19. The van der Waals surface area contributed by atoms with Crippen molar-refractivity contribution < 1.29 is 0 Å². The topological polar surface area (TPSA) is 29.4 Å². The quantitative estimate of drug-likeness (QED) is 0.534. The molecule has 1 unspecified atom stereocenters. The maximum Gasteiger partial charge on any atom is 0.0952 e. The lowest BCUT2D eigenvalue weighted by Crippen LogP contribution is -1.91. The Morgan fingerprint density at radius 3 is 2.67 bits per heavy atom. The van der Waals surface area contributed by atoms with Crippen LogP contribution in [0.1, 0.15) is 26.7 Å². The van der Waals surface area contributed by atoms with Gasteiger partial charge in [-0.2, -0.15) is 4.91 Å². The molecule has 0 aromatic heterocycles. The van der Waals surface area contributed by atoms with Gasteiger partial charge in [-0.15, -0.1) is 0 Å². The predicted molar refractivity (Wildman–Crippen MR) is 37.1 cm³/mol. The molecule has 1 saturated carbocycles. The lowest BCUT2D eigenvalue weighted by Gasteiger charge is -1.98. The first-order chi connectivity index (χ1) is 4.24. The SMILES string of the molecule is CC(C)CC1C[C@H]1N=O. The molecule has 9 heavy (non-hydrogen) atoms. The number of hydrogen-bond acceptors (Lipinski definition) is 2. The van der Waals surface area contributed by atoms with Crippen LogP contribution in [0.5, 0.6) is 0 Å². The molecule has 1 fully saturated rings. The van der Waals surface area contributed by atoms with E-state index in [2.05, 4.69) is 19.0 Å². The van der Waals surface area contributed by atoms with E-state index in [1.165, 1.54) is 6.42 Å². The molecular formula is C7H13NO. The molecule has 0 aromatic rings. The molecule has 1 rings (SSSR count). The molecule has 0 heterocycles. The van der Waals surface area contributed by atoms with Gasteiger partial charge in [0.15, 0.2) is 0 Å². The third-order valence-corrected chi connectivity index (χ3v) is 1.79. The largest absolute Gasteiger partial charge is 0.151 e. The zero-order chi connectivity index (χ0) is 6.85. The minimum absolute atomic E-state index is 0.174. The second kappa shape index (κ2) is 2.46. The van der Waals surface area contributed by atoms with E-state index >= 15 is 0 Å². The molecule has 2 heteroatoms. The summed E-state index contributed by atoms with van der Waals surface area (Å²) in [6.45, 7) is 4.36. The fourth-order valence-corrected chi connectivity index (χ4v) is 1.22. The van der Waals surface area contributed by atoms with E-state index in [-0.39, 0.29) is 6.04 Å². The van der Waals surface area contributed by atoms with E-state index < -0.39 is 0 Å². The Hall–Kier alpha value is -0.400. The van der Waals surface area contributed by atoms with E-state index in [0.29, 0.717) is 5.92 Å². The van der Waals surface area contributed by atoms with Crippen LogP contribution in [0.3, 0.4) is 0 Å². The summed E-state index contributed by atoms with van der Waals surface area (Å²) in [5, 5.41) is 2.98. The van der Waals surface area contributed by atoms with E-state index in [0.717, 1.165) is 12.3 Å². The summed E-state index contributed by atoms with van der Waals surface area (Å²) in [6, 6.07) is 0.174. The average molecular weight is 127 g/mol. The molecule has 0 bridgehead atoms. The number of hydrogen-bond donors (Lipinski definition) is 0. The number of nitrogens with zero attached hydrogens (tertiary/aromatic N) is 1. The van der Waals surface area contributed by atoms with Gasteiger partial charge >= 0.3 is 0 Å². The molecule has 52 valence electrons. The van der Waals surface area contributed by atoms with Gasteiger partial charge < -0.3 is 0 Å². The Balaban J connectivity index is 2.12. The summed E-state index contributed by atoms with van der Waals surface area (Å²) in [5.74, 6) is 1.35. The maximum atomic E-state index is 9.91. The summed E-state index contributed by atoms with van der Waals surface area (Å²) >= 11 is 0. The third-order valence-electron chi connectivity index (χ3n) is 1.79. The van der Waals surface area contributed by atoms with Crippen molar-refractivity contribution in [3.63, 3.8) is 0 Å². The number of nitroso groups, excluding NO2 is 1. The van der Waals surface area contributed by atoms with Crippen LogP contribution in [-0.2, 0) is 0 Å². The molecule has 2 nitrogen and oxygen atoms in total. The van der Waals surface area contributed by atoms with Crippen molar-refractivity contribution in [2.24, 2.45) is 17.0 Å². The van der Waals surface area contributed by atoms with E-state index in [4.69, 9.17) is 0 Å². The molecule has 0 amide bonds. The highest BCUT2D eigenvalue weighted by molar-refractivity contribution is 4.92. The molecular weight excluding hydrogens is 114 g/mol. The average Bonchev–Trinajstić information content (AvgIpc) is 2.45. The van der Waals surface area contributed by atoms with Crippen molar-refractivity contribution in [2.75, 3.05) is 0 Å². The van der Waals surface area contributed by atoms with Gasteiger partial charge in [0.2, 0.25) is 0 Å². The van der Waals surface area contributed by atoms with Crippen LogP contribution < -0.4 is 0 Å². The fraction of sp³-hybridized carbons (Fsp3) is 1.00. The summed E-state index contributed by atoms with van der Waals surface area (Å²) in [7, 11) is 0. The van der Waals surface area contributed by atoms with Crippen molar-refractivity contribution in [1.82, 2.24) is 0 Å². The van der Waals surface area contributed by atoms with E-state index in [1.807, 2.05) is 0 Å².